The minimum absolute atomic E-state index is 0.0533. The second-order valence-corrected chi connectivity index (χ2v) is 6.70. The van der Waals surface area contributed by atoms with Gasteiger partial charge in [-0.1, -0.05) is 12.1 Å². The summed E-state index contributed by atoms with van der Waals surface area (Å²) < 4.78 is 45.7. The van der Waals surface area contributed by atoms with Crippen molar-refractivity contribution in [3.63, 3.8) is 0 Å². The number of hydrogen-bond acceptors (Lipinski definition) is 7. The number of halogens is 3. The molecular weight excluding hydrogens is 415 g/mol. The van der Waals surface area contributed by atoms with Crippen LogP contribution >= 0.6 is 0 Å². The van der Waals surface area contributed by atoms with Crippen LogP contribution in [-0.2, 0) is 10.9 Å². The molecule has 2 heterocycles. The van der Waals surface area contributed by atoms with Gasteiger partial charge in [0, 0.05) is 37.4 Å². The van der Waals surface area contributed by atoms with Gasteiger partial charge in [-0.05, 0) is 25.0 Å². The molecule has 1 aromatic heterocycles. The number of alkyl halides is 3. The van der Waals surface area contributed by atoms with Crippen molar-refractivity contribution >= 4 is 18.1 Å². The summed E-state index contributed by atoms with van der Waals surface area (Å²) in [7, 11) is 0. The van der Waals surface area contributed by atoms with Crippen molar-refractivity contribution in [2.45, 2.75) is 25.1 Å². The van der Waals surface area contributed by atoms with Crippen molar-refractivity contribution in [2.75, 3.05) is 18.5 Å². The standard InChI is InChI=1S/C20H20F3N5O3/c21-20(22,23)16-11-26-19(27-15(9-24)10-25-14-5-7-31-8-6-14)28-17(16)12-1-3-13(4-2-12)18(29)30/h1-4,9-11,14H,5-8,24H2,(H,29,30)(H,26,27,28). The van der Waals surface area contributed by atoms with E-state index in [4.69, 9.17) is 15.6 Å². The molecule has 0 aliphatic carbocycles. The maximum Gasteiger partial charge on any atom is 0.419 e. The van der Waals surface area contributed by atoms with Crippen LogP contribution in [0, 0.1) is 0 Å². The third kappa shape index (κ3) is 5.79. The monoisotopic (exact) mass is 435 g/mol. The molecule has 3 rings (SSSR count). The first-order valence-corrected chi connectivity index (χ1v) is 9.35. The second-order valence-electron chi connectivity index (χ2n) is 6.70. The van der Waals surface area contributed by atoms with Crippen molar-refractivity contribution in [3.8, 4) is 11.3 Å². The molecule has 8 nitrogen and oxygen atoms in total. The number of benzene rings is 1. The van der Waals surface area contributed by atoms with Crippen LogP contribution in [0.15, 0.2) is 47.4 Å². The molecule has 0 bridgehead atoms. The van der Waals surface area contributed by atoms with E-state index in [2.05, 4.69) is 20.3 Å². The maximum absolute atomic E-state index is 13.5. The number of aromatic carboxylic acids is 1. The molecule has 2 aromatic rings. The Morgan fingerprint density at radius 2 is 1.94 bits per heavy atom. The number of nitrogens with one attached hydrogen (secondary N) is 1. The SMILES string of the molecule is NC=C(C=NC1CCOCC1)Nc1ncc(C(F)(F)F)c(-c2ccc(C(=O)O)cc2)n1. The van der Waals surface area contributed by atoms with E-state index in [0.717, 1.165) is 12.8 Å². The van der Waals surface area contributed by atoms with E-state index in [9.17, 15) is 18.0 Å². The Kier molecular flexibility index (Phi) is 6.85. The van der Waals surface area contributed by atoms with Crippen molar-refractivity contribution in [2.24, 2.45) is 10.7 Å². The number of anilines is 1. The Morgan fingerprint density at radius 3 is 2.52 bits per heavy atom. The predicted molar refractivity (Wildman–Crippen MR) is 108 cm³/mol. The maximum atomic E-state index is 13.5. The van der Waals surface area contributed by atoms with E-state index in [1.165, 1.54) is 36.7 Å². The molecule has 1 aliphatic heterocycles. The molecule has 4 N–H and O–H groups in total. The van der Waals surface area contributed by atoms with Crippen LogP contribution in [0.25, 0.3) is 11.3 Å². The summed E-state index contributed by atoms with van der Waals surface area (Å²) in [6, 6.07) is 5.01. The number of aromatic nitrogens is 2. The lowest BCUT2D eigenvalue weighted by atomic mass is 10.0. The van der Waals surface area contributed by atoms with E-state index in [1.54, 1.807) is 0 Å². The number of carbonyl (C=O) groups is 1. The van der Waals surface area contributed by atoms with Crippen molar-refractivity contribution < 1.29 is 27.8 Å². The summed E-state index contributed by atoms with van der Waals surface area (Å²) in [5.41, 5.74) is 4.52. The molecule has 0 amide bonds. The largest absolute Gasteiger partial charge is 0.478 e. The van der Waals surface area contributed by atoms with Gasteiger partial charge in [0.2, 0.25) is 5.95 Å². The average molecular weight is 435 g/mol. The number of nitrogens with two attached hydrogens (primary N) is 1. The van der Waals surface area contributed by atoms with Gasteiger partial charge in [0.1, 0.15) is 5.56 Å². The Hall–Kier alpha value is -3.47. The van der Waals surface area contributed by atoms with Gasteiger partial charge in [0.15, 0.2) is 0 Å². The number of rotatable bonds is 6. The summed E-state index contributed by atoms with van der Waals surface area (Å²) in [5, 5.41) is 11.8. The number of ether oxygens (including phenoxy) is 1. The van der Waals surface area contributed by atoms with Gasteiger partial charge in [-0.15, -0.1) is 0 Å². The van der Waals surface area contributed by atoms with E-state index < -0.39 is 17.7 Å². The third-order valence-electron chi connectivity index (χ3n) is 4.55. The molecule has 1 fully saturated rings. The molecule has 0 spiro atoms. The molecule has 0 saturated carbocycles. The van der Waals surface area contributed by atoms with E-state index >= 15 is 0 Å². The summed E-state index contributed by atoms with van der Waals surface area (Å²) >= 11 is 0. The van der Waals surface area contributed by atoms with Gasteiger partial charge in [-0.25, -0.2) is 14.8 Å². The third-order valence-corrected chi connectivity index (χ3v) is 4.55. The highest BCUT2D eigenvalue weighted by atomic mass is 19.4. The second kappa shape index (κ2) is 9.56. The Morgan fingerprint density at radius 1 is 1.26 bits per heavy atom. The fraction of sp³-hybridized carbons (Fsp3) is 0.300. The van der Waals surface area contributed by atoms with Gasteiger partial charge in [0.25, 0.3) is 0 Å². The van der Waals surface area contributed by atoms with Crippen LogP contribution in [0.1, 0.15) is 28.8 Å². The van der Waals surface area contributed by atoms with Crippen LogP contribution in [0.5, 0.6) is 0 Å². The highest BCUT2D eigenvalue weighted by Crippen LogP contribution is 2.36. The first-order valence-electron chi connectivity index (χ1n) is 9.35. The average Bonchev–Trinajstić information content (AvgIpc) is 2.76. The van der Waals surface area contributed by atoms with E-state index in [-0.39, 0.29) is 28.8 Å². The smallest absolute Gasteiger partial charge is 0.419 e. The zero-order chi connectivity index (χ0) is 22.4. The van der Waals surface area contributed by atoms with Gasteiger partial charge in [0.05, 0.1) is 23.0 Å². The van der Waals surface area contributed by atoms with Crippen LogP contribution in [0.2, 0.25) is 0 Å². The molecule has 31 heavy (non-hydrogen) atoms. The zero-order valence-corrected chi connectivity index (χ0v) is 16.3. The number of carboxylic acids is 1. The van der Waals surface area contributed by atoms with Gasteiger partial charge >= 0.3 is 12.1 Å². The molecule has 1 saturated heterocycles. The number of nitrogens with zero attached hydrogens (tertiary/aromatic N) is 3. The summed E-state index contributed by atoms with van der Waals surface area (Å²) in [6.07, 6.45) is 0.197. The van der Waals surface area contributed by atoms with E-state index in [0.29, 0.717) is 25.1 Å². The number of carboxylic acid groups (broad SMARTS) is 1. The van der Waals surface area contributed by atoms with Crippen LogP contribution in [0.3, 0.4) is 0 Å². The van der Waals surface area contributed by atoms with Gasteiger partial charge < -0.3 is 20.9 Å². The van der Waals surface area contributed by atoms with Gasteiger partial charge in [-0.3, -0.25) is 4.99 Å². The van der Waals surface area contributed by atoms with Crippen molar-refractivity contribution in [1.82, 2.24) is 9.97 Å². The summed E-state index contributed by atoms with van der Waals surface area (Å²) in [6.45, 7) is 1.23. The number of aliphatic imine (C=N–C) groups is 1. The lowest BCUT2D eigenvalue weighted by Gasteiger charge is -2.18. The van der Waals surface area contributed by atoms with Crippen molar-refractivity contribution in [1.29, 1.82) is 0 Å². The molecule has 0 unspecified atom stereocenters. The number of hydrogen-bond donors (Lipinski definition) is 3. The molecule has 1 aromatic carbocycles. The Balaban J connectivity index is 1.88. The fourth-order valence-corrected chi connectivity index (χ4v) is 2.91. The molecule has 1 aliphatic rings. The normalized spacial score (nSPS) is 15.9. The molecule has 0 radical (unpaired) electrons. The van der Waals surface area contributed by atoms with Crippen LogP contribution in [-0.4, -0.2) is 46.5 Å². The highest BCUT2D eigenvalue weighted by molar-refractivity contribution is 5.88. The Labute approximate surface area is 175 Å². The van der Waals surface area contributed by atoms with Crippen molar-refractivity contribution in [3.05, 3.63) is 53.5 Å². The summed E-state index contributed by atoms with van der Waals surface area (Å²) in [5.74, 6) is -1.30. The predicted octanol–water partition coefficient (Wildman–Crippen LogP) is 3.32. The van der Waals surface area contributed by atoms with Crippen LogP contribution < -0.4 is 11.1 Å². The highest BCUT2D eigenvalue weighted by Gasteiger charge is 2.35. The number of allylic oxidation sites excluding steroid dienone is 1. The molecular formula is C20H20F3N5O3. The van der Waals surface area contributed by atoms with Crippen LogP contribution in [0.4, 0.5) is 19.1 Å². The quantitative estimate of drug-likeness (QED) is 0.595. The summed E-state index contributed by atoms with van der Waals surface area (Å²) in [4.78, 5) is 23.2. The van der Waals surface area contributed by atoms with E-state index in [1.807, 2.05) is 0 Å². The molecule has 0 atom stereocenters. The fourth-order valence-electron chi connectivity index (χ4n) is 2.91. The lowest BCUT2D eigenvalue weighted by Crippen LogP contribution is -2.19. The molecule has 164 valence electrons. The molecule has 11 heteroatoms. The first-order chi connectivity index (χ1) is 14.8. The van der Waals surface area contributed by atoms with Gasteiger partial charge in [-0.2, -0.15) is 13.2 Å². The lowest BCUT2D eigenvalue weighted by molar-refractivity contribution is -0.137. The topological polar surface area (TPSA) is 123 Å². The minimum Gasteiger partial charge on any atom is -0.478 e. The zero-order valence-electron chi connectivity index (χ0n) is 16.3. The Bertz CT molecular complexity index is 985. The first kappa shape index (κ1) is 22.2. The minimum atomic E-state index is -4.70.